The molecule has 19 heavy (non-hydrogen) atoms. The van der Waals surface area contributed by atoms with Gasteiger partial charge < -0.3 is 5.11 Å². The number of aryl methyl sites for hydroxylation is 3. The van der Waals surface area contributed by atoms with Gasteiger partial charge in [-0.15, -0.1) is 0 Å². The third kappa shape index (κ3) is 2.96. The Labute approximate surface area is 118 Å². The van der Waals surface area contributed by atoms with E-state index in [4.69, 9.17) is 11.6 Å². The molecule has 102 valence electrons. The largest absolute Gasteiger partial charge is 0.388 e. The van der Waals surface area contributed by atoms with Gasteiger partial charge in [0.2, 0.25) is 0 Å². The maximum Gasteiger partial charge on any atom is 0.0860 e. The van der Waals surface area contributed by atoms with E-state index in [9.17, 15) is 5.11 Å². The number of nitrogens with zero attached hydrogens (tertiary/aromatic N) is 3. The predicted molar refractivity (Wildman–Crippen MR) is 75.2 cm³/mol. The highest BCUT2D eigenvalue weighted by Crippen LogP contribution is 2.26. The van der Waals surface area contributed by atoms with Crippen LogP contribution in [-0.2, 0) is 19.9 Å². The summed E-state index contributed by atoms with van der Waals surface area (Å²) in [6.45, 7) is 3.97. The van der Waals surface area contributed by atoms with Crippen LogP contribution in [0.15, 0.2) is 18.5 Å². The van der Waals surface area contributed by atoms with E-state index in [0.29, 0.717) is 11.4 Å². The molecule has 1 atom stereocenters. The van der Waals surface area contributed by atoms with E-state index >= 15 is 0 Å². The van der Waals surface area contributed by atoms with Gasteiger partial charge in [-0.1, -0.05) is 24.6 Å². The Kier molecular flexibility index (Phi) is 4.22. The summed E-state index contributed by atoms with van der Waals surface area (Å²) in [5, 5.41) is 15.3. The maximum absolute atomic E-state index is 10.3. The second-order valence-corrected chi connectivity index (χ2v) is 5.08. The van der Waals surface area contributed by atoms with Crippen molar-refractivity contribution < 1.29 is 5.11 Å². The zero-order valence-electron chi connectivity index (χ0n) is 11.4. The molecule has 2 aromatic rings. The maximum atomic E-state index is 10.3. The van der Waals surface area contributed by atoms with Crippen LogP contribution in [0.3, 0.4) is 0 Å². The average molecular weight is 280 g/mol. The van der Waals surface area contributed by atoms with Gasteiger partial charge >= 0.3 is 0 Å². The second-order valence-electron chi connectivity index (χ2n) is 4.70. The molecular formula is C14H18ClN3O. The minimum absolute atomic E-state index is 0.438. The molecule has 0 saturated heterocycles. The van der Waals surface area contributed by atoms with Gasteiger partial charge in [0.05, 0.1) is 22.5 Å². The number of hydrogen-bond donors (Lipinski definition) is 1. The van der Waals surface area contributed by atoms with Gasteiger partial charge in [0.25, 0.3) is 0 Å². The number of hydrogen-bond acceptors (Lipinski definition) is 3. The lowest BCUT2D eigenvalue weighted by atomic mass is 10.1. The van der Waals surface area contributed by atoms with Crippen LogP contribution in [0, 0.1) is 6.92 Å². The number of aliphatic hydroxyl groups excluding tert-OH is 1. The minimum Gasteiger partial charge on any atom is -0.388 e. The second kappa shape index (κ2) is 5.72. The van der Waals surface area contributed by atoms with Gasteiger partial charge in [-0.25, -0.2) is 0 Å². The van der Waals surface area contributed by atoms with Gasteiger partial charge in [0.1, 0.15) is 0 Å². The van der Waals surface area contributed by atoms with Crippen LogP contribution in [0.1, 0.15) is 35.5 Å². The molecule has 1 N–H and O–H groups in total. The molecule has 0 saturated carbocycles. The first-order valence-electron chi connectivity index (χ1n) is 6.32. The van der Waals surface area contributed by atoms with Crippen LogP contribution in [-0.4, -0.2) is 19.9 Å². The monoisotopic (exact) mass is 279 g/mol. The van der Waals surface area contributed by atoms with E-state index in [1.54, 1.807) is 17.1 Å². The molecule has 0 spiro atoms. The summed E-state index contributed by atoms with van der Waals surface area (Å²) in [5.74, 6) is 0. The molecule has 4 nitrogen and oxygen atoms in total. The number of pyridine rings is 1. The van der Waals surface area contributed by atoms with Crippen LogP contribution >= 0.6 is 11.6 Å². The third-order valence-corrected chi connectivity index (χ3v) is 3.61. The highest BCUT2D eigenvalue weighted by atomic mass is 35.5. The van der Waals surface area contributed by atoms with Crippen LogP contribution in [0.25, 0.3) is 0 Å². The summed E-state index contributed by atoms with van der Waals surface area (Å²) >= 11 is 6.28. The summed E-state index contributed by atoms with van der Waals surface area (Å²) in [6.07, 6.45) is 4.05. The van der Waals surface area contributed by atoms with Gasteiger partial charge in [-0.05, 0) is 24.5 Å². The van der Waals surface area contributed by atoms with Crippen LogP contribution in [0.4, 0.5) is 0 Å². The van der Waals surface area contributed by atoms with Crippen molar-refractivity contribution in [3.8, 4) is 0 Å². The summed E-state index contributed by atoms with van der Waals surface area (Å²) in [7, 11) is 1.85. The Morgan fingerprint density at radius 1 is 1.42 bits per heavy atom. The summed E-state index contributed by atoms with van der Waals surface area (Å²) in [4.78, 5) is 4.10. The standard InChI is InChI=1S/C14H18ClN3O/c1-4-11-14(15)12(18(3)17-11)6-13(19)10-5-9(2)7-16-8-10/h5,7-8,13,19H,4,6H2,1-3H3. The fourth-order valence-electron chi connectivity index (χ4n) is 2.10. The van der Waals surface area contributed by atoms with E-state index in [0.717, 1.165) is 28.9 Å². The Morgan fingerprint density at radius 2 is 2.16 bits per heavy atom. The molecule has 0 bridgehead atoms. The molecular weight excluding hydrogens is 262 g/mol. The van der Waals surface area contributed by atoms with Crippen LogP contribution in [0.2, 0.25) is 5.02 Å². The first kappa shape index (κ1) is 14.0. The smallest absolute Gasteiger partial charge is 0.0860 e. The normalized spacial score (nSPS) is 12.7. The minimum atomic E-state index is -0.620. The van der Waals surface area contributed by atoms with E-state index in [-0.39, 0.29) is 0 Å². The summed E-state index contributed by atoms with van der Waals surface area (Å²) in [6, 6.07) is 1.93. The van der Waals surface area contributed by atoms with Crippen molar-refractivity contribution in [1.82, 2.24) is 14.8 Å². The summed E-state index contributed by atoms with van der Waals surface area (Å²) in [5.41, 5.74) is 3.55. The Morgan fingerprint density at radius 3 is 2.74 bits per heavy atom. The van der Waals surface area contributed by atoms with Crippen molar-refractivity contribution in [3.63, 3.8) is 0 Å². The third-order valence-electron chi connectivity index (χ3n) is 3.17. The van der Waals surface area contributed by atoms with Crippen LogP contribution < -0.4 is 0 Å². The van der Waals surface area contributed by atoms with E-state index in [1.807, 2.05) is 27.0 Å². The number of rotatable bonds is 4. The quantitative estimate of drug-likeness (QED) is 0.936. The molecule has 0 aliphatic carbocycles. The highest BCUT2D eigenvalue weighted by molar-refractivity contribution is 6.31. The van der Waals surface area contributed by atoms with Crippen molar-refractivity contribution >= 4 is 11.6 Å². The lowest BCUT2D eigenvalue weighted by molar-refractivity contribution is 0.175. The lowest BCUT2D eigenvalue weighted by Gasteiger charge is -2.11. The Balaban J connectivity index is 2.24. The van der Waals surface area contributed by atoms with Crippen LogP contribution in [0.5, 0.6) is 0 Å². The van der Waals surface area contributed by atoms with Crippen molar-refractivity contribution in [2.24, 2.45) is 7.05 Å². The van der Waals surface area contributed by atoms with Gasteiger partial charge in [-0.3, -0.25) is 9.67 Å². The van der Waals surface area contributed by atoms with Crippen molar-refractivity contribution in [3.05, 3.63) is 46.0 Å². The van der Waals surface area contributed by atoms with E-state index < -0.39 is 6.10 Å². The van der Waals surface area contributed by atoms with Crippen molar-refractivity contribution in [2.75, 3.05) is 0 Å². The first-order chi connectivity index (χ1) is 9.02. The zero-order chi connectivity index (χ0) is 14.0. The molecule has 1 unspecified atom stereocenters. The fraction of sp³-hybridized carbons (Fsp3) is 0.429. The zero-order valence-corrected chi connectivity index (χ0v) is 12.1. The average Bonchev–Trinajstić information content (AvgIpc) is 2.66. The fourth-order valence-corrected chi connectivity index (χ4v) is 2.47. The SMILES string of the molecule is CCc1nn(C)c(CC(O)c2cncc(C)c2)c1Cl. The molecule has 2 aromatic heterocycles. The topological polar surface area (TPSA) is 50.9 Å². The molecule has 2 rings (SSSR count). The van der Waals surface area contributed by atoms with Gasteiger partial charge in [0, 0.05) is 25.9 Å². The Hall–Kier alpha value is -1.39. The Bertz CT molecular complexity index is 580. The van der Waals surface area contributed by atoms with Gasteiger partial charge in [-0.2, -0.15) is 5.10 Å². The molecule has 0 fully saturated rings. The molecule has 0 aliphatic rings. The molecule has 0 aliphatic heterocycles. The predicted octanol–water partition coefficient (Wildman–Crippen LogP) is 2.62. The van der Waals surface area contributed by atoms with Crippen molar-refractivity contribution in [2.45, 2.75) is 32.8 Å². The molecule has 5 heteroatoms. The molecule has 2 heterocycles. The van der Waals surface area contributed by atoms with E-state index in [1.165, 1.54) is 0 Å². The van der Waals surface area contributed by atoms with Gasteiger partial charge in [0.15, 0.2) is 0 Å². The number of aliphatic hydroxyl groups is 1. The van der Waals surface area contributed by atoms with E-state index in [2.05, 4.69) is 10.1 Å². The number of halogens is 1. The first-order valence-corrected chi connectivity index (χ1v) is 6.70. The molecule has 0 aromatic carbocycles. The lowest BCUT2D eigenvalue weighted by Crippen LogP contribution is -2.07. The highest BCUT2D eigenvalue weighted by Gasteiger charge is 2.17. The summed E-state index contributed by atoms with van der Waals surface area (Å²) < 4.78 is 1.74. The number of aromatic nitrogens is 3. The molecule has 0 radical (unpaired) electrons. The molecule has 0 amide bonds. The van der Waals surface area contributed by atoms with Crippen molar-refractivity contribution in [1.29, 1.82) is 0 Å².